The summed E-state index contributed by atoms with van der Waals surface area (Å²) >= 11 is 0. The van der Waals surface area contributed by atoms with Crippen LogP contribution in [0.4, 0.5) is 13.2 Å². The van der Waals surface area contributed by atoms with Crippen LogP contribution in [0.5, 0.6) is 0 Å². The quantitative estimate of drug-likeness (QED) is 0.786. The average Bonchev–Trinajstić information content (AvgIpc) is 2.65. The molecular formula is C12H14F3N. The van der Waals surface area contributed by atoms with Crippen LogP contribution in [0.2, 0.25) is 0 Å². The van der Waals surface area contributed by atoms with Gasteiger partial charge in [0.05, 0.1) is 5.56 Å². The first-order chi connectivity index (χ1) is 7.26. The van der Waals surface area contributed by atoms with Crippen molar-refractivity contribution in [1.82, 2.24) is 0 Å². The van der Waals surface area contributed by atoms with E-state index in [1.54, 1.807) is 6.07 Å². The molecule has 0 heterocycles. The van der Waals surface area contributed by atoms with Crippen molar-refractivity contribution in [2.45, 2.75) is 32.0 Å². The van der Waals surface area contributed by atoms with E-state index in [0.717, 1.165) is 6.07 Å². The summed E-state index contributed by atoms with van der Waals surface area (Å²) in [6.45, 7) is 3.80. The molecule has 0 spiro atoms. The molecule has 1 aliphatic carbocycles. The van der Waals surface area contributed by atoms with Gasteiger partial charge in [-0.2, -0.15) is 13.2 Å². The second-order valence-corrected chi connectivity index (χ2v) is 4.91. The van der Waals surface area contributed by atoms with Crippen molar-refractivity contribution in [3.8, 4) is 0 Å². The molecule has 88 valence electrons. The van der Waals surface area contributed by atoms with Gasteiger partial charge in [-0.05, 0) is 17.0 Å². The number of hydrogen-bond acceptors (Lipinski definition) is 1. The minimum Gasteiger partial charge on any atom is -0.327 e. The number of halogens is 3. The molecule has 0 radical (unpaired) electrons. The highest BCUT2D eigenvalue weighted by atomic mass is 19.4. The van der Waals surface area contributed by atoms with Gasteiger partial charge < -0.3 is 5.73 Å². The van der Waals surface area contributed by atoms with Gasteiger partial charge >= 0.3 is 6.18 Å². The molecule has 1 saturated carbocycles. The average molecular weight is 229 g/mol. The fraction of sp³-hybridized carbons (Fsp3) is 0.500. The van der Waals surface area contributed by atoms with Gasteiger partial charge in [0.15, 0.2) is 0 Å². The summed E-state index contributed by atoms with van der Waals surface area (Å²) < 4.78 is 38.3. The van der Waals surface area contributed by atoms with Crippen LogP contribution in [0.15, 0.2) is 24.3 Å². The molecular weight excluding hydrogens is 215 g/mol. The molecule has 0 bridgehead atoms. The van der Waals surface area contributed by atoms with Crippen LogP contribution >= 0.6 is 0 Å². The lowest BCUT2D eigenvalue weighted by Gasteiger charge is -2.13. The monoisotopic (exact) mass is 229 g/mol. The number of nitrogens with two attached hydrogens (primary N) is 1. The number of benzene rings is 1. The molecule has 1 aromatic rings. The molecule has 2 N–H and O–H groups in total. The van der Waals surface area contributed by atoms with Crippen molar-refractivity contribution in [2.24, 2.45) is 11.1 Å². The summed E-state index contributed by atoms with van der Waals surface area (Å²) in [6.07, 6.45) is -4.30. The zero-order valence-electron chi connectivity index (χ0n) is 9.18. The third-order valence-electron chi connectivity index (χ3n) is 3.51. The van der Waals surface area contributed by atoms with Crippen LogP contribution in [0, 0.1) is 5.41 Å². The normalized spacial score (nSPS) is 27.9. The van der Waals surface area contributed by atoms with E-state index in [4.69, 9.17) is 5.73 Å². The molecule has 1 nitrogen and oxygen atoms in total. The lowest BCUT2D eigenvalue weighted by atomic mass is 9.98. The predicted molar refractivity (Wildman–Crippen MR) is 55.9 cm³/mol. The Bertz CT molecular complexity index is 409. The van der Waals surface area contributed by atoms with Gasteiger partial charge in [-0.15, -0.1) is 0 Å². The molecule has 0 aliphatic heterocycles. The van der Waals surface area contributed by atoms with Gasteiger partial charge in [0.2, 0.25) is 0 Å². The van der Waals surface area contributed by atoms with Crippen LogP contribution in [0.1, 0.15) is 30.9 Å². The van der Waals surface area contributed by atoms with Gasteiger partial charge in [-0.1, -0.05) is 32.0 Å². The van der Waals surface area contributed by atoms with Gasteiger partial charge in [0.1, 0.15) is 0 Å². The van der Waals surface area contributed by atoms with E-state index in [9.17, 15) is 13.2 Å². The van der Waals surface area contributed by atoms with E-state index in [0.29, 0.717) is 5.56 Å². The van der Waals surface area contributed by atoms with Gasteiger partial charge in [-0.25, -0.2) is 0 Å². The van der Waals surface area contributed by atoms with Crippen molar-refractivity contribution in [3.63, 3.8) is 0 Å². The predicted octanol–water partition coefficient (Wildman–Crippen LogP) is 3.16. The molecule has 1 aromatic carbocycles. The maximum absolute atomic E-state index is 12.8. The number of rotatable bonds is 1. The highest BCUT2D eigenvalue weighted by Crippen LogP contribution is 2.59. The SMILES string of the molecule is CC1(C)C(N)C1c1ccccc1C(F)(F)F. The van der Waals surface area contributed by atoms with Crippen molar-refractivity contribution in [3.05, 3.63) is 35.4 Å². The number of alkyl halides is 3. The molecule has 4 heteroatoms. The van der Waals surface area contributed by atoms with E-state index >= 15 is 0 Å². The summed E-state index contributed by atoms with van der Waals surface area (Å²) in [7, 11) is 0. The Hall–Kier alpha value is -1.03. The lowest BCUT2D eigenvalue weighted by Crippen LogP contribution is -2.10. The Morgan fingerprint density at radius 1 is 1.19 bits per heavy atom. The molecule has 2 rings (SSSR count). The van der Waals surface area contributed by atoms with E-state index < -0.39 is 11.7 Å². The molecule has 1 fully saturated rings. The summed E-state index contributed by atoms with van der Waals surface area (Å²) in [6, 6.07) is 5.51. The lowest BCUT2D eigenvalue weighted by molar-refractivity contribution is -0.138. The second kappa shape index (κ2) is 3.23. The first-order valence-electron chi connectivity index (χ1n) is 5.18. The molecule has 0 aromatic heterocycles. The van der Waals surface area contributed by atoms with Crippen LogP contribution in [0.25, 0.3) is 0 Å². The van der Waals surface area contributed by atoms with E-state index in [2.05, 4.69) is 0 Å². The number of hydrogen-bond donors (Lipinski definition) is 1. The molecule has 2 unspecified atom stereocenters. The summed E-state index contributed by atoms with van der Waals surface area (Å²) in [4.78, 5) is 0. The van der Waals surface area contributed by atoms with Crippen LogP contribution < -0.4 is 5.73 Å². The molecule has 16 heavy (non-hydrogen) atoms. The topological polar surface area (TPSA) is 26.0 Å². The Balaban J connectivity index is 2.44. The first kappa shape index (κ1) is 11.5. The van der Waals surface area contributed by atoms with Crippen molar-refractivity contribution >= 4 is 0 Å². The third kappa shape index (κ3) is 1.61. The highest BCUT2D eigenvalue weighted by Gasteiger charge is 2.57. The summed E-state index contributed by atoms with van der Waals surface area (Å²) in [5.74, 6) is -0.190. The first-order valence-corrected chi connectivity index (χ1v) is 5.18. The minimum absolute atomic E-state index is 0.184. The standard InChI is InChI=1S/C12H14F3N/c1-11(2)9(10(11)16)7-5-3-4-6-8(7)12(13,14)15/h3-6,9-10H,16H2,1-2H3. The van der Waals surface area contributed by atoms with Gasteiger partial charge in [-0.3, -0.25) is 0 Å². The Kier molecular flexibility index (Phi) is 2.31. The maximum atomic E-state index is 12.8. The van der Waals surface area contributed by atoms with Crippen molar-refractivity contribution in [2.75, 3.05) is 0 Å². The van der Waals surface area contributed by atoms with Crippen molar-refractivity contribution in [1.29, 1.82) is 0 Å². The van der Waals surface area contributed by atoms with Gasteiger partial charge in [0.25, 0.3) is 0 Å². The zero-order valence-corrected chi connectivity index (χ0v) is 9.18. The molecule has 2 atom stereocenters. The summed E-state index contributed by atoms with van der Waals surface area (Å²) in [5, 5.41) is 0. The Labute approximate surface area is 92.5 Å². The van der Waals surface area contributed by atoms with Crippen LogP contribution in [-0.2, 0) is 6.18 Å². The fourth-order valence-corrected chi connectivity index (χ4v) is 2.30. The van der Waals surface area contributed by atoms with E-state index in [1.165, 1.54) is 12.1 Å². The highest BCUT2D eigenvalue weighted by molar-refractivity contribution is 5.41. The fourth-order valence-electron chi connectivity index (χ4n) is 2.30. The smallest absolute Gasteiger partial charge is 0.327 e. The second-order valence-electron chi connectivity index (χ2n) is 4.91. The van der Waals surface area contributed by atoms with Crippen LogP contribution in [-0.4, -0.2) is 6.04 Å². The zero-order chi connectivity index (χ0) is 12.1. The summed E-state index contributed by atoms with van der Waals surface area (Å²) in [5.41, 5.74) is 5.36. The molecule has 0 amide bonds. The molecule has 0 saturated heterocycles. The Morgan fingerprint density at radius 2 is 1.69 bits per heavy atom. The molecule has 1 aliphatic rings. The third-order valence-corrected chi connectivity index (χ3v) is 3.51. The van der Waals surface area contributed by atoms with Crippen LogP contribution in [0.3, 0.4) is 0 Å². The van der Waals surface area contributed by atoms with E-state index in [1.807, 2.05) is 13.8 Å². The van der Waals surface area contributed by atoms with Crippen molar-refractivity contribution < 1.29 is 13.2 Å². The van der Waals surface area contributed by atoms with E-state index in [-0.39, 0.29) is 17.4 Å². The minimum atomic E-state index is -4.30. The van der Waals surface area contributed by atoms with Gasteiger partial charge in [0, 0.05) is 12.0 Å². The largest absolute Gasteiger partial charge is 0.416 e. The Morgan fingerprint density at radius 3 is 2.12 bits per heavy atom. The maximum Gasteiger partial charge on any atom is 0.416 e.